The van der Waals surface area contributed by atoms with Crippen LogP contribution in [0.15, 0.2) is 66.3 Å². The molecule has 4 heterocycles. The lowest BCUT2D eigenvalue weighted by molar-refractivity contribution is -0.134. The number of rotatable bonds is 4. The minimum atomic E-state index is -1.37. The number of aliphatic carboxylic acids is 1. The number of carbonyl (C=O) groups is 2. The molecule has 26 heavy (non-hydrogen) atoms. The molecule has 4 rings (SSSR count). The fourth-order valence-corrected chi connectivity index (χ4v) is 2.62. The van der Waals surface area contributed by atoms with Crippen molar-refractivity contribution in [3.8, 4) is 0 Å². The summed E-state index contributed by atoms with van der Waals surface area (Å²) in [7, 11) is 0. The van der Waals surface area contributed by atoms with E-state index < -0.39 is 17.3 Å². The van der Waals surface area contributed by atoms with E-state index in [4.69, 9.17) is 4.74 Å². The van der Waals surface area contributed by atoms with Crippen LogP contribution < -0.4 is 5.32 Å². The number of nitrogens with zero attached hydrogens (tertiary/aromatic N) is 2. The van der Waals surface area contributed by atoms with E-state index in [1.165, 1.54) is 18.5 Å². The highest BCUT2D eigenvalue weighted by Gasteiger charge is 2.36. The summed E-state index contributed by atoms with van der Waals surface area (Å²) in [4.78, 5) is 35.1. The molecule has 0 fully saturated rings. The van der Waals surface area contributed by atoms with Gasteiger partial charge in [-0.05, 0) is 30.3 Å². The number of carbonyl (C=O) groups excluding carboxylic acids is 1. The van der Waals surface area contributed by atoms with E-state index in [1.54, 1.807) is 30.6 Å². The molecule has 8 nitrogen and oxygen atoms in total. The van der Waals surface area contributed by atoms with Gasteiger partial charge in [0.05, 0.1) is 0 Å². The third-order valence-corrected chi connectivity index (χ3v) is 3.81. The lowest BCUT2D eigenvalue weighted by atomic mass is 10.1. The molecule has 3 N–H and O–H groups in total. The molecule has 0 spiro atoms. The fourth-order valence-electron chi connectivity index (χ4n) is 2.62. The standard InChI is InChI=1S/C18H12N4O4/c23-15-13(8-10-9-21-16-12(10)2-1-5-20-16)26-17(14(15)18(24)25)22-11-3-6-19-7-4-11/h1-9H,(H,19,22)(H,20,21)(H,24,25)/b13-8-. The summed E-state index contributed by atoms with van der Waals surface area (Å²) >= 11 is 0. The Hall–Kier alpha value is -3.94. The molecule has 0 unspecified atom stereocenters. The Kier molecular flexibility index (Phi) is 3.70. The second-order valence-electron chi connectivity index (χ2n) is 5.45. The number of carboxylic acids is 1. The molecule has 0 bridgehead atoms. The number of Topliss-reactive ketones (excluding diaryl/α,β-unsaturated/α-hetero) is 1. The highest BCUT2D eigenvalue weighted by Crippen LogP contribution is 2.29. The van der Waals surface area contributed by atoms with Gasteiger partial charge in [-0.15, -0.1) is 0 Å². The number of aromatic amines is 1. The second-order valence-corrected chi connectivity index (χ2v) is 5.45. The SMILES string of the molecule is O=C(O)C1=C(Nc2ccncc2)O/C(=C\c2c[nH]c3ncccc23)C1=O. The molecule has 0 radical (unpaired) electrons. The number of H-pyrrole nitrogens is 1. The number of fused-ring (bicyclic) bond motifs is 1. The summed E-state index contributed by atoms with van der Waals surface area (Å²) < 4.78 is 5.52. The van der Waals surface area contributed by atoms with Gasteiger partial charge in [-0.1, -0.05) is 0 Å². The van der Waals surface area contributed by atoms with Crippen molar-refractivity contribution in [2.45, 2.75) is 0 Å². The average Bonchev–Trinajstić information content (AvgIpc) is 3.18. The summed E-state index contributed by atoms with van der Waals surface area (Å²) in [5.74, 6) is -2.27. The zero-order valence-corrected chi connectivity index (χ0v) is 13.3. The zero-order valence-electron chi connectivity index (χ0n) is 13.3. The Morgan fingerprint density at radius 3 is 2.81 bits per heavy atom. The number of pyridine rings is 2. The smallest absolute Gasteiger partial charge is 0.345 e. The van der Waals surface area contributed by atoms with Gasteiger partial charge < -0.3 is 20.1 Å². The van der Waals surface area contributed by atoms with Crippen LogP contribution in [-0.2, 0) is 14.3 Å². The van der Waals surface area contributed by atoms with Crippen molar-refractivity contribution < 1.29 is 19.4 Å². The van der Waals surface area contributed by atoms with Crippen molar-refractivity contribution in [3.63, 3.8) is 0 Å². The summed E-state index contributed by atoms with van der Waals surface area (Å²) in [6.07, 6.45) is 7.89. The number of nitrogens with one attached hydrogen (secondary N) is 2. The monoisotopic (exact) mass is 348 g/mol. The number of ether oxygens (including phenoxy) is 1. The molecule has 0 aliphatic carbocycles. The molecule has 0 aromatic carbocycles. The van der Waals surface area contributed by atoms with Gasteiger partial charge in [-0.2, -0.15) is 0 Å². The maximum atomic E-state index is 12.5. The van der Waals surface area contributed by atoms with Gasteiger partial charge in [0.15, 0.2) is 11.3 Å². The van der Waals surface area contributed by atoms with E-state index in [1.807, 2.05) is 6.07 Å². The first-order chi connectivity index (χ1) is 12.6. The Bertz CT molecular complexity index is 1080. The molecular weight excluding hydrogens is 336 g/mol. The lowest BCUT2D eigenvalue weighted by Gasteiger charge is -2.07. The van der Waals surface area contributed by atoms with Crippen LogP contribution in [-0.4, -0.2) is 31.8 Å². The number of carboxylic acid groups (broad SMARTS) is 1. The summed E-state index contributed by atoms with van der Waals surface area (Å²) in [5.41, 5.74) is 1.43. The third kappa shape index (κ3) is 2.69. The maximum absolute atomic E-state index is 12.5. The molecule has 3 aromatic heterocycles. The van der Waals surface area contributed by atoms with Gasteiger partial charge >= 0.3 is 5.97 Å². The number of aromatic nitrogens is 3. The predicted molar refractivity (Wildman–Crippen MR) is 92.7 cm³/mol. The van der Waals surface area contributed by atoms with Gasteiger partial charge in [-0.25, -0.2) is 9.78 Å². The number of ketones is 1. The quantitative estimate of drug-likeness (QED) is 0.489. The third-order valence-electron chi connectivity index (χ3n) is 3.81. The van der Waals surface area contributed by atoms with Crippen molar-refractivity contribution in [3.05, 3.63) is 71.8 Å². The van der Waals surface area contributed by atoms with Crippen LogP contribution in [0.5, 0.6) is 0 Å². The van der Waals surface area contributed by atoms with Gasteiger partial charge in [-0.3, -0.25) is 9.78 Å². The Morgan fingerprint density at radius 2 is 2.04 bits per heavy atom. The number of hydrogen-bond donors (Lipinski definition) is 3. The summed E-state index contributed by atoms with van der Waals surface area (Å²) in [6.45, 7) is 0. The Balaban J connectivity index is 1.70. The highest BCUT2D eigenvalue weighted by molar-refractivity contribution is 6.26. The van der Waals surface area contributed by atoms with Crippen LogP contribution in [0.3, 0.4) is 0 Å². The zero-order chi connectivity index (χ0) is 18.1. The molecule has 1 aliphatic rings. The van der Waals surface area contributed by atoms with E-state index in [0.717, 1.165) is 5.39 Å². The molecule has 128 valence electrons. The van der Waals surface area contributed by atoms with Crippen molar-refractivity contribution >= 4 is 34.5 Å². The van der Waals surface area contributed by atoms with E-state index in [0.29, 0.717) is 16.9 Å². The van der Waals surface area contributed by atoms with Crippen LogP contribution in [0, 0.1) is 0 Å². The molecular formula is C18H12N4O4. The lowest BCUT2D eigenvalue weighted by Crippen LogP contribution is -2.12. The first-order valence-corrected chi connectivity index (χ1v) is 7.64. The minimum Gasteiger partial charge on any atom is -0.477 e. The molecule has 8 heteroatoms. The van der Waals surface area contributed by atoms with Crippen LogP contribution >= 0.6 is 0 Å². The van der Waals surface area contributed by atoms with Crippen molar-refractivity contribution in [2.24, 2.45) is 0 Å². The molecule has 0 atom stereocenters. The van der Waals surface area contributed by atoms with Crippen LogP contribution in [0.1, 0.15) is 5.56 Å². The van der Waals surface area contributed by atoms with Gasteiger partial charge in [0.1, 0.15) is 5.65 Å². The number of allylic oxidation sites excluding steroid dienone is 1. The van der Waals surface area contributed by atoms with E-state index in [2.05, 4.69) is 20.3 Å². The summed E-state index contributed by atoms with van der Waals surface area (Å²) in [5, 5.41) is 13.0. The van der Waals surface area contributed by atoms with Crippen LogP contribution in [0.25, 0.3) is 17.1 Å². The van der Waals surface area contributed by atoms with Gasteiger partial charge in [0, 0.05) is 41.4 Å². The fraction of sp³-hybridized carbons (Fsp3) is 0. The van der Waals surface area contributed by atoms with E-state index >= 15 is 0 Å². The normalized spacial score (nSPS) is 15.5. The van der Waals surface area contributed by atoms with Crippen molar-refractivity contribution in [1.82, 2.24) is 15.0 Å². The van der Waals surface area contributed by atoms with Crippen LogP contribution in [0.2, 0.25) is 0 Å². The van der Waals surface area contributed by atoms with E-state index in [9.17, 15) is 14.7 Å². The summed E-state index contributed by atoms with van der Waals surface area (Å²) in [6, 6.07) is 6.87. The molecule has 0 saturated heterocycles. The highest BCUT2D eigenvalue weighted by atomic mass is 16.5. The predicted octanol–water partition coefficient (Wildman–Crippen LogP) is 2.31. The topological polar surface area (TPSA) is 117 Å². The molecule has 0 saturated carbocycles. The van der Waals surface area contributed by atoms with Crippen molar-refractivity contribution in [1.29, 1.82) is 0 Å². The largest absolute Gasteiger partial charge is 0.477 e. The number of hydrogen-bond acceptors (Lipinski definition) is 6. The first kappa shape index (κ1) is 15.6. The van der Waals surface area contributed by atoms with Crippen LogP contribution in [0.4, 0.5) is 5.69 Å². The van der Waals surface area contributed by atoms with Gasteiger partial charge in [0.2, 0.25) is 11.7 Å². The number of anilines is 1. The molecule has 3 aromatic rings. The van der Waals surface area contributed by atoms with Gasteiger partial charge in [0.25, 0.3) is 0 Å². The first-order valence-electron chi connectivity index (χ1n) is 7.64. The van der Waals surface area contributed by atoms with Crippen molar-refractivity contribution in [2.75, 3.05) is 5.32 Å². The Labute approximate surface area is 146 Å². The second kappa shape index (κ2) is 6.17. The Morgan fingerprint density at radius 1 is 1.23 bits per heavy atom. The molecule has 0 amide bonds. The van der Waals surface area contributed by atoms with E-state index in [-0.39, 0.29) is 11.6 Å². The minimum absolute atomic E-state index is 0.0799. The average molecular weight is 348 g/mol. The maximum Gasteiger partial charge on any atom is 0.345 e. The molecule has 1 aliphatic heterocycles.